The van der Waals surface area contributed by atoms with Gasteiger partial charge in [-0.05, 0) is 91.5 Å². The molecule has 3 aliphatic rings. The molecule has 0 radical (unpaired) electrons. The van der Waals surface area contributed by atoms with Crippen LogP contribution < -0.4 is 18.9 Å². The highest BCUT2D eigenvalue weighted by atomic mass is 35.5. The number of nitrogens with one attached hydrogen (secondary N) is 1. The first kappa shape index (κ1) is 38.3. The third-order valence-corrected chi connectivity index (χ3v) is 11.5. The Hall–Kier alpha value is -4.47. The minimum atomic E-state index is -4.41. The quantitative estimate of drug-likeness (QED) is 0.104. The summed E-state index contributed by atoms with van der Waals surface area (Å²) in [6.07, 6.45) is 2.54. The summed E-state index contributed by atoms with van der Waals surface area (Å²) in [5.74, 6) is -1.35. The molecule has 2 unspecified atom stereocenters. The van der Waals surface area contributed by atoms with E-state index in [0.29, 0.717) is 33.9 Å². The van der Waals surface area contributed by atoms with Gasteiger partial charge in [-0.3, -0.25) is 4.90 Å². The van der Waals surface area contributed by atoms with Gasteiger partial charge in [0.25, 0.3) is 0 Å². The highest BCUT2D eigenvalue weighted by Gasteiger charge is 2.39. The molecule has 4 heterocycles. The summed E-state index contributed by atoms with van der Waals surface area (Å²) in [5, 5.41) is 12.0. The average Bonchev–Trinajstić information content (AvgIpc) is 3.15. The molecule has 3 saturated heterocycles. The summed E-state index contributed by atoms with van der Waals surface area (Å²) >= 11 is 12.7. The second-order valence-corrected chi connectivity index (χ2v) is 15.3. The number of nitrogens with zero attached hydrogens (tertiary/aromatic N) is 2. The largest absolute Gasteiger partial charge is 0.619 e. The Bertz CT molecular complexity index is 2070. The van der Waals surface area contributed by atoms with Gasteiger partial charge in [-0.25, -0.2) is 22.4 Å². The van der Waals surface area contributed by atoms with Crippen molar-refractivity contribution < 1.29 is 46.1 Å². The van der Waals surface area contributed by atoms with E-state index in [2.05, 4.69) is 9.62 Å². The van der Waals surface area contributed by atoms with Crippen molar-refractivity contribution in [2.24, 2.45) is 5.92 Å². The molecule has 0 saturated carbocycles. The zero-order chi connectivity index (χ0) is 37.9. The Balaban J connectivity index is 1.23. The molecule has 0 amide bonds. The van der Waals surface area contributed by atoms with Gasteiger partial charge in [0.1, 0.15) is 34.1 Å². The molecule has 3 atom stereocenters. The van der Waals surface area contributed by atoms with Gasteiger partial charge >= 0.3 is 11.9 Å². The molecule has 7 rings (SSSR count). The lowest BCUT2D eigenvalue weighted by Crippen LogP contribution is -2.52. The fourth-order valence-electron chi connectivity index (χ4n) is 6.58. The Kier molecular flexibility index (Phi) is 11.7. The maximum atomic E-state index is 14.3. The third kappa shape index (κ3) is 8.85. The van der Waals surface area contributed by atoms with E-state index in [1.54, 1.807) is 18.2 Å². The van der Waals surface area contributed by atoms with Crippen molar-refractivity contribution in [3.8, 4) is 11.5 Å². The van der Waals surface area contributed by atoms with Crippen LogP contribution in [0, 0.1) is 16.9 Å². The Morgan fingerprint density at radius 2 is 1.64 bits per heavy atom. The highest BCUT2D eigenvalue weighted by molar-refractivity contribution is 7.89. The predicted molar refractivity (Wildman–Crippen MR) is 192 cm³/mol. The van der Waals surface area contributed by atoms with Crippen LogP contribution in [-0.2, 0) is 30.7 Å². The maximum absolute atomic E-state index is 14.3. The first-order valence-electron chi connectivity index (χ1n) is 16.7. The number of hydrogen-bond acceptors (Lipinski definition) is 10. The molecule has 0 aliphatic carbocycles. The van der Waals surface area contributed by atoms with E-state index in [0.717, 1.165) is 44.4 Å². The first-order chi connectivity index (χ1) is 25.3. The fraction of sp³-hybridized carbons (Fsp3) is 0.324. The molecule has 12 nitrogen and oxygen atoms in total. The summed E-state index contributed by atoms with van der Waals surface area (Å²) < 4.78 is 67.0. The van der Waals surface area contributed by atoms with Gasteiger partial charge in [0.15, 0.2) is 23.9 Å². The lowest BCUT2D eigenvalue weighted by Gasteiger charge is -2.44. The van der Waals surface area contributed by atoms with Crippen molar-refractivity contribution in [3.05, 3.63) is 122 Å². The number of aromatic nitrogens is 1. The van der Waals surface area contributed by atoms with Crippen LogP contribution in [0.1, 0.15) is 52.0 Å². The van der Waals surface area contributed by atoms with Crippen molar-refractivity contribution in [2.45, 2.75) is 42.4 Å². The number of carbonyl (C=O) groups excluding carboxylic acids is 2. The van der Waals surface area contributed by atoms with Crippen LogP contribution in [-0.4, -0.2) is 65.2 Å². The molecule has 3 aromatic carbocycles. The first-order valence-corrected chi connectivity index (χ1v) is 18.9. The van der Waals surface area contributed by atoms with Gasteiger partial charge in [-0.15, -0.1) is 0 Å². The lowest BCUT2D eigenvalue weighted by atomic mass is 9.86. The van der Waals surface area contributed by atoms with Crippen molar-refractivity contribution >= 4 is 45.2 Å². The minimum Gasteiger partial charge on any atom is -0.619 e. The van der Waals surface area contributed by atoms with E-state index in [1.807, 2.05) is 0 Å². The standard InChI is InChI=1S/C37H36Cl2FN3O9S/c1-49-31-11-8-24(17-33(31)50-2)32(18-28-29(38)19-43(46)20-30(28)39)51-36(44)23-6-9-27(10-7-23)53(47,48)41-35(25-4-3-5-26(40)16-25)37(45)52-34-21-42-14-12-22(34)13-15-42/h3-11,16-17,19-20,22,32,34-35,41H,12-15,18,21H2,1-2H3/t32?,34-,35?/m0/s1. The summed E-state index contributed by atoms with van der Waals surface area (Å²) in [7, 11) is -1.49. The van der Waals surface area contributed by atoms with Gasteiger partial charge in [0.05, 0.1) is 24.7 Å². The number of hydrogen-bond donors (Lipinski definition) is 1. The van der Waals surface area contributed by atoms with Gasteiger partial charge in [0, 0.05) is 18.5 Å². The normalized spacial score (nSPS) is 19.2. The van der Waals surface area contributed by atoms with Crippen LogP contribution in [0.3, 0.4) is 0 Å². The number of benzene rings is 3. The SMILES string of the molecule is COc1ccc(C(Cc2c(Cl)c[n+]([O-])cc2Cl)OC(=O)c2ccc(S(=O)(=O)NC(C(=O)O[C@H]3CN4CCC3CC4)c3cccc(F)c3)cc2)cc1OC. The number of piperidine rings is 3. The Morgan fingerprint density at radius 1 is 0.962 bits per heavy atom. The monoisotopic (exact) mass is 787 g/mol. The zero-order valence-corrected chi connectivity index (χ0v) is 31.0. The van der Waals surface area contributed by atoms with Crippen molar-refractivity contribution in [1.29, 1.82) is 0 Å². The minimum absolute atomic E-state index is 0.000485. The maximum Gasteiger partial charge on any atom is 0.338 e. The molecule has 4 aromatic rings. The molecule has 16 heteroatoms. The summed E-state index contributed by atoms with van der Waals surface area (Å²) in [4.78, 5) is 29.0. The number of carbonyl (C=O) groups is 2. The molecular weight excluding hydrogens is 752 g/mol. The third-order valence-electron chi connectivity index (χ3n) is 9.43. The van der Waals surface area contributed by atoms with Crippen molar-refractivity contribution in [2.75, 3.05) is 33.9 Å². The number of rotatable bonds is 13. The van der Waals surface area contributed by atoms with Crippen LogP contribution >= 0.6 is 23.2 Å². The number of fused-ring (bicyclic) bond motifs is 3. The van der Waals surface area contributed by atoms with Crippen LogP contribution in [0.25, 0.3) is 0 Å². The molecule has 53 heavy (non-hydrogen) atoms. The van der Waals surface area contributed by atoms with Crippen LogP contribution in [0.5, 0.6) is 11.5 Å². The van der Waals surface area contributed by atoms with E-state index in [9.17, 15) is 27.6 Å². The van der Waals surface area contributed by atoms with E-state index in [4.69, 9.17) is 42.1 Å². The number of sulfonamides is 1. The second-order valence-electron chi connectivity index (χ2n) is 12.8. The lowest BCUT2D eigenvalue weighted by molar-refractivity contribution is -0.605. The van der Waals surface area contributed by atoms with Crippen molar-refractivity contribution in [1.82, 2.24) is 9.62 Å². The molecule has 1 aromatic heterocycles. The molecule has 2 bridgehead atoms. The van der Waals surface area contributed by atoms with Gasteiger partial charge < -0.3 is 24.2 Å². The summed E-state index contributed by atoms with van der Waals surface area (Å²) in [6.45, 7) is 2.38. The van der Waals surface area contributed by atoms with Crippen LogP contribution in [0.2, 0.25) is 10.0 Å². The smallest absolute Gasteiger partial charge is 0.338 e. The van der Waals surface area contributed by atoms with E-state index in [-0.39, 0.29) is 38.4 Å². The Morgan fingerprint density at radius 3 is 2.25 bits per heavy atom. The molecule has 3 aliphatic heterocycles. The number of halogens is 3. The number of esters is 2. The summed E-state index contributed by atoms with van der Waals surface area (Å²) in [6, 6.07) is 13.3. The zero-order valence-electron chi connectivity index (χ0n) is 28.7. The second kappa shape index (κ2) is 16.3. The molecule has 1 N–H and O–H groups in total. The van der Waals surface area contributed by atoms with E-state index < -0.39 is 46.0 Å². The molecule has 0 spiro atoms. The van der Waals surface area contributed by atoms with E-state index in [1.165, 1.54) is 56.7 Å². The van der Waals surface area contributed by atoms with Gasteiger partial charge in [-0.2, -0.15) is 9.45 Å². The number of ether oxygens (including phenoxy) is 4. The molecule has 3 fully saturated rings. The fourth-order valence-corrected chi connectivity index (χ4v) is 8.35. The number of methoxy groups -OCH3 is 2. The average molecular weight is 789 g/mol. The number of pyridine rings is 1. The topological polar surface area (TPSA) is 147 Å². The Labute approximate surface area is 315 Å². The van der Waals surface area contributed by atoms with Crippen molar-refractivity contribution in [3.63, 3.8) is 0 Å². The van der Waals surface area contributed by atoms with Gasteiger partial charge in [0.2, 0.25) is 10.0 Å². The van der Waals surface area contributed by atoms with Crippen LogP contribution in [0.4, 0.5) is 4.39 Å². The van der Waals surface area contributed by atoms with Crippen LogP contribution in [0.15, 0.2) is 84.0 Å². The van der Waals surface area contributed by atoms with E-state index >= 15 is 0 Å². The van der Waals surface area contributed by atoms with Gasteiger partial charge in [-0.1, -0.05) is 41.4 Å². The molecular formula is C37H36Cl2FN3O9S. The summed E-state index contributed by atoms with van der Waals surface area (Å²) in [5.41, 5.74) is 0.907. The predicted octanol–water partition coefficient (Wildman–Crippen LogP) is 5.58. The molecule has 280 valence electrons. The highest BCUT2D eigenvalue weighted by Crippen LogP contribution is 2.36.